The Labute approximate surface area is 103 Å². The zero-order valence-corrected chi connectivity index (χ0v) is 10.2. The summed E-state index contributed by atoms with van der Waals surface area (Å²) in [5, 5.41) is 2.90. The first-order chi connectivity index (χ1) is 6.33. The molecule has 0 saturated carbocycles. The van der Waals surface area contributed by atoms with Crippen molar-refractivity contribution in [3.63, 3.8) is 0 Å². The smallest absolute Gasteiger partial charge is 0.0415 e. The van der Waals surface area contributed by atoms with Crippen LogP contribution in [0.3, 0.4) is 0 Å². The Hall–Kier alpha value is 0.270. The molecule has 0 heterocycles. The van der Waals surface area contributed by atoms with Gasteiger partial charge in [-0.25, -0.2) is 0 Å². The van der Waals surface area contributed by atoms with Gasteiger partial charge in [-0.15, -0.1) is 11.6 Å². The fraction of sp³-hybridized carbons (Fsp3) is 0.556. The molecule has 0 rings (SSSR count). The normalized spacial score (nSPS) is 8.43. The highest BCUT2D eigenvalue weighted by molar-refractivity contribution is 6.26. The molecule has 14 heavy (non-hydrogen) atoms. The summed E-state index contributed by atoms with van der Waals surface area (Å²) in [6, 6.07) is 0. The summed E-state index contributed by atoms with van der Waals surface area (Å²) in [6.07, 6.45) is 3.49. The van der Waals surface area contributed by atoms with Crippen molar-refractivity contribution in [2.24, 2.45) is 5.73 Å². The number of hydrogen-bond acceptors (Lipinski definition) is 2. The number of nitrogens with one attached hydrogen (secondary N) is 1. The Morgan fingerprint density at radius 3 is 1.64 bits per heavy atom. The highest BCUT2D eigenvalue weighted by Gasteiger charge is 1.62. The third kappa shape index (κ3) is 56.1. The van der Waals surface area contributed by atoms with Crippen molar-refractivity contribution in [2.45, 2.75) is 7.43 Å². The monoisotopic (exact) mass is 262 g/mol. The summed E-state index contributed by atoms with van der Waals surface area (Å²) in [5.74, 6) is 0.503. The average Bonchev–Trinajstić information content (AvgIpc) is 2.20. The second-order valence-electron chi connectivity index (χ2n) is 1.44. The maximum atomic E-state index is 5.16. The Kier molecular flexibility index (Phi) is 64.3. The molecule has 0 unspecified atom stereocenters. The molecule has 88 valence electrons. The average molecular weight is 264 g/mol. The number of halogens is 3. The molecular weight excluding hydrogens is 242 g/mol. The lowest BCUT2D eigenvalue weighted by Gasteiger charge is -1.81. The number of hydrogen-bond donors (Lipinski definition) is 2. The Morgan fingerprint density at radius 2 is 1.57 bits per heavy atom. The molecule has 5 heteroatoms. The van der Waals surface area contributed by atoms with E-state index in [4.69, 9.17) is 34.8 Å². The topological polar surface area (TPSA) is 38.0 Å². The minimum atomic E-state index is 0. The third-order valence-corrected chi connectivity index (χ3v) is 1.12. The zero-order chi connectivity index (χ0) is 10.9. The minimum absolute atomic E-state index is 0. The van der Waals surface area contributed by atoms with Crippen LogP contribution in [0.4, 0.5) is 0 Å². The minimum Gasteiger partial charge on any atom is -0.333 e. The molecule has 2 nitrogen and oxygen atoms in total. The first-order valence-electron chi connectivity index (χ1n) is 3.62. The number of nitrogens with two attached hydrogens (primary N) is 1. The van der Waals surface area contributed by atoms with Crippen LogP contribution in [-0.4, -0.2) is 26.5 Å². The van der Waals surface area contributed by atoms with Crippen LogP contribution in [0, 0.1) is 0 Å². The molecular formula is C9H21Cl3N2. The first-order valence-corrected chi connectivity index (χ1v) is 5.03. The van der Waals surface area contributed by atoms with E-state index in [1.165, 1.54) is 18.1 Å². The van der Waals surface area contributed by atoms with Crippen LogP contribution in [0.5, 0.6) is 0 Å². The maximum Gasteiger partial charge on any atom is 0.0415 e. The van der Waals surface area contributed by atoms with E-state index in [1.54, 1.807) is 6.08 Å². The number of allylic oxidation sites excluding steroid dienone is 1. The van der Waals surface area contributed by atoms with Crippen molar-refractivity contribution in [2.75, 3.05) is 26.5 Å². The number of likely N-dealkylation sites (N-methyl/N-ethyl adjacent to an activating group) is 1. The van der Waals surface area contributed by atoms with Gasteiger partial charge >= 0.3 is 0 Å². The third-order valence-electron chi connectivity index (χ3n) is 0.589. The van der Waals surface area contributed by atoms with Gasteiger partial charge < -0.3 is 11.1 Å². The van der Waals surface area contributed by atoms with Gasteiger partial charge in [-0.2, -0.15) is 0 Å². The Balaban J connectivity index is -0.0000000576. The van der Waals surface area contributed by atoms with E-state index < -0.39 is 0 Å². The van der Waals surface area contributed by atoms with E-state index in [-0.39, 0.29) is 7.43 Å². The van der Waals surface area contributed by atoms with Crippen molar-refractivity contribution < 1.29 is 0 Å². The molecule has 0 aromatic carbocycles. The van der Waals surface area contributed by atoms with E-state index >= 15 is 0 Å². The predicted octanol–water partition coefficient (Wildman–Crippen LogP) is 3.15. The molecule has 0 fully saturated rings. The van der Waals surface area contributed by atoms with Gasteiger partial charge in [0, 0.05) is 23.5 Å². The molecule has 0 aromatic rings. The van der Waals surface area contributed by atoms with E-state index in [9.17, 15) is 0 Å². The fourth-order valence-corrected chi connectivity index (χ4v) is 0.555. The van der Waals surface area contributed by atoms with Gasteiger partial charge in [-0.3, -0.25) is 0 Å². The molecule has 0 saturated heterocycles. The standard InChI is InChI=1S/C4H8ClN.C3H4Cl2.CH5N.CH4/c1-6-4-2-3-5;4-2-1-3-5;1-2;/h2-3,6H,4H2,1H3;1-2H,3H2;2H2,1H3;1H4/b3-2+;2-1+;;. The SMILES string of the molecule is C.CN.CNC/C=C/Cl.Cl/C=C/CCl. The van der Waals surface area contributed by atoms with Crippen molar-refractivity contribution in [3.05, 3.63) is 23.2 Å². The van der Waals surface area contributed by atoms with Gasteiger partial charge in [0.2, 0.25) is 0 Å². The van der Waals surface area contributed by atoms with Gasteiger partial charge in [0.15, 0.2) is 0 Å². The van der Waals surface area contributed by atoms with Crippen molar-refractivity contribution in [1.82, 2.24) is 5.32 Å². The predicted molar refractivity (Wildman–Crippen MR) is 71.5 cm³/mol. The molecule has 0 aliphatic carbocycles. The Morgan fingerprint density at radius 1 is 1.14 bits per heavy atom. The van der Waals surface area contributed by atoms with Crippen LogP contribution in [0.15, 0.2) is 23.2 Å². The molecule has 3 N–H and O–H groups in total. The summed E-state index contributed by atoms with van der Waals surface area (Å²) >= 11 is 15.3. The molecule has 0 spiro atoms. The van der Waals surface area contributed by atoms with E-state index in [0.717, 1.165) is 6.54 Å². The molecule has 0 radical (unpaired) electrons. The van der Waals surface area contributed by atoms with Crippen LogP contribution < -0.4 is 11.1 Å². The lowest BCUT2D eigenvalue weighted by molar-refractivity contribution is 0.921. The van der Waals surface area contributed by atoms with Gasteiger partial charge in [0.25, 0.3) is 0 Å². The molecule has 0 aromatic heterocycles. The summed E-state index contributed by atoms with van der Waals surface area (Å²) < 4.78 is 0. The second-order valence-corrected chi connectivity index (χ2v) is 2.25. The van der Waals surface area contributed by atoms with Gasteiger partial charge in [0.1, 0.15) is 0 Å². The highest BCUT2D eigenvalue weighted by atomic mass is 35.5. The number of rotatable bonds is 3. The lowest BCUT2D eigenvalue weighted by Crippen LogP contribution is -2.03. The maximum absolute atomic E-state index is 5.16. The van der Waals surface area contributed by atoms with Gasteiger partial charge in [-0.1, -0.05) is 42.8 Å². The van der Waals surface area contributed by atoms with Crippen molar-refractivity contribution in [1.29, 1.82) is 0 Å². The van der Waals surface area contributed by atoms with Crippen molar-refractivity contribution in [3.8, 4) is 0 Å². The van der Waals surface area contributed by atoms with Crippen LogP contribution >= 0.6 is 34.8 Å². The highest BCUT2D eigenvalue weighted by Crippen LogP contribution is 1.79. The van der Waals surface area contributed by atoms with Crippen LogP contribution in [-0.2, 0) is 0 Å². The van der Waals surface area contributed by atoms with Crippen LogP contribution in [0.25, 0.3) is 0 Å². The van der Waals surface area contributed by atoms with E-state index in [2.05, 4.69) is 11.1 Å². The largest absolute Gasteiger partial charge is 0.333 e. The second kappa shape index (κ2) is 37.8. The molecule has 0 amide bonds. The quantitative estimate of drug-likeness (QED) is 0.768. The van der Waals surface area contributed by atoms with Crippen LogP contribution in [0.1, 0.15) is 7.43 Å². The van der Waals surface area contributed by atoms with Crippen LogP contribution in [0.2, 0.25) is 0 Å². The molecule has 0 aliphatic rings. The Bertz CT molecular complexity index is 106. The lowest BCUT2D eigenvalue weighted by atomic mass is 10.6. The number of alkyl halides is 1. The zero-order valence-electron chi connectivity index (χ0n) is 7.93. The first kappa shape index (κ1) is 23.8. The molecule has 0 bridgehead atoms. The molecule has 0 atom stereocenters. The summed E-state index contributed by atoms with van der Waals surface area (Å²) in [6.45, 7) is 0.851. The van der Waals surface area contributed by atoms with Gasteiger partial charge in [0.05, 0.1) is 0 Å². The van der Waals surface area contributed by atoms with Crippen molar-refractivity contribution >= 4 is 34.8 Å². The molecule has 0 aliphatic heterocycles. The van der Waals surface area contributed by atoms with E-state index in [1.807, 2.05) is 13.1 Å². The summed E-state index contributed by atoms with van der Waals surface area (Å²) in [5.41, 5.74) is 7.39. The van der Waals surface area contributed by atoms with Gasteiger partial charge in [-0.05, 0) is 14.1 Å². The van der Waals surface area contributed by atoms with E-state index in [0.29, 0.717) is 5.88 Å². The fourth-order valence-electron chi connectivity index (χ4n) is 0.196. The summed E-state index contributed by atoms with van der Waals surface area (Å²) in [4.78, 5) is 0. The summed E-state index contributed by atoms with van der Waals surface area (Å²) in [7, 11) is 3.37.